The highest BCUT2D eigenvalue weighted by Crippen LogP contribution is 2.27. The van der Waals surface area contributed by atoms with E-state index in [9.17, 15) is 4.79 Å². The first-order valence-electron chi connectivity index (χ1n) is 5.87. The number of nitrogens with zero attached hydrogens (tertiary/aromatic N) is 1. The number of terminal acetylenes is 1. The minimum atomic E-state index is -0.122. The average molecular weight is 241 g/mol. The van der Waals surface area contributed by atoms with Crippen molar-refractivity contribution >= 4 is 11.6 Å². The molecule has 0 N–H and O–H groups in total. The Morgan fingerprint density at radius 3 is 2.22 bits per heavy atom. The summed E-state index contributed by atoms with van der Waals surface area (Å²) in [6, 6.07) is 4.11. The number of benzene rings is 1. The zero-order chi connectivity index (χ0) is 13.9. The Bertz CT molecular complexity index is 512. The van der Waals surface area contributed by atoms with E-state index in [1.807, 2.05) is 20.8 Å². The lowest BCUT2D eigenvalue weighted by Gasteiger charge is -2.25. The van der Waals surface area contributed by atoms with Crippen molar-refractivity contribution in [2.24, 2.45) is 0 Å². The van der Waals surface area contributed by atoms with Crippen molar-refractivity contribution in [1.29, 1.82) is 0 Å². The van der Waals surface area contributed by atoms with Crippen LogP contribution in [0, 0.1) is 33.1 Å². The monoisotopic (exact) mass is 241 g/mol. The van der Waals surface area contributed by atoms with Gasteiger partial charge in [0.25, 0.3) is 5.91 Å². The summed E-state index contributed by atoms with van der Waals surface area (Å²) in [5.74, 6) is 2.41. The third-order valence-corrected chi connectivity index (χ3v) is 2.76. The number of carbonyl (C=O) groups excluding carboxylic acids is 1. The number of anilines is 1. The van der Waals surface area contributed by atoms with Gasteiger partial charge in [-0.2, -0.15) is 0 Å². The highest BCUT2D eigenvalue weighted by atomic mass is 16.2. The fourth-order valence-corrected chi connectivity index (χ4v) is 2.17. The first-order chi connectivity index (χ1) is 8.38. The Morgan fingerprint density at radius 2 is 1.83 bits per heavy atom. The lowest BCUT2D eigenvalue weighted by Crippen LogP contribution is -2.32. The van der Waals surface area contributed by atoms with Crippen LogP contribution in [0.3, 0.4) is 0 Å². The molecule has 0 atom stereocenters. The highest BCUT2D eigenvalue weighted by Gasteiger charge is 2.19. The summed E-state index contributed by atoms with van der Waals surface area (Å²) >= 11 is 0. The summed E-state index contributed by atoms with van der Waals surface area (Å²) < 4.78 is 0. The molecule has 2 nitrogen and oxygen atoms in total. The molecule has 18 heavy (non-hydrogen) atoms. The molecule has 0 heterocycles. The van der Waals surface area contributed by atoms with E-state index in [0.717, 1.165) is 16.8 Å². The quantitative estimate of drug-likeness (QED) is 0.588. The molecule has 94 valence electrons. The van der Waals surface area contributed by atoms with Crippen LogP contribution in [0.4, 0.5) is 5.69 Å². The molecular weight excluding hydrogens is 222 g/mol. The lowest BCUT2D eigenvalue weighted by atomic mass is 10.0. The van der Waals surface area contributed by atoms with Gasteiger partial charge in [0, 0.05) is 5.57 Å². The minimum absolute atomic E-state index is 0.122. The number of aryl methyl sites for hydroxylation is 3. The van der Waals surface area contributed by atoms with Crippen LogP contribution in [0.15, 0.2) is 24.3 Å². The Hall–Kier alpha value is -2.01. The molecule has 0 saturated carbocycles. The smallest absolute Gasteiger partial charge is 0.254 e. The maximum absolute atomic E-state index is 12.2. The molecular formula is C16H19NO. The molecule has 0 aliphatic carbocycles. The van der Waals surface area contributed by atoms with Crippen molar-refractivity contribution in [2.75, 3.05) is 11.4 Å². The molecule has 1 aromatic rings. The topological polar surface area (TPSA) is 20.3 Å². The number of amides is 1. The first-order valence-corrected chi connectivity index (χ1v) is 5.87. The third-order valence-electron chi connectivity index (χ3n) is 2.76. The van der Waals surface area contributed by atoms with E-state index in [1.165, 1.54) is 5.56 Å². The van der Waals surface area contributed by atoms with Crippen LogP contribution < -0.4 is 4.90 Å². The van der Waals surface area contributed by atoms with Gasteiger partial charge in [0.2, 0.25) is 0 Å². The van der Waals surface area contributed by atoms with Gasteiger partial charge in [0.15, 0.2) is 0 Å². The van der Waals surface area contributed by atoms with Crippen LogP contribution in [0.2, 0.25) is 0 Å². The van der Waals surface area contributed by atoms with Gasteiger partial charge in [-0.25, -0.2) is 0 Å². The maximum Gasteiger partial charge on any atom is 0.254 e. The Morgan fingerprint density at radius 1 is 1.33 bits per heavy atom. The van der Waals surface area contributed by atoms with E-state index < -0.39 is 0 Å². The molecule has 0 saturated heterocycles. The van der Waals surface area contributed by atoms with Gasteiger partial charge in [0.05, 0.1) is 12.2 Å². The Balaban J connectivity index is 3.35. The Labute approximate surface area is 109 Å². The molecule has 0 aromatic heterocycles. The zero-order valence-electron chi connectivity index (χ0n) is 11.5. The summed E-state index contributed by atoms with van der Waals surface area (Å²) in [7, 11) is 0. The molecule has 0 radical (unpaired) electrons. The summed E-state index contributed by atoms with van der Waals surface area (Å²) in [6.45, 7) is 11.7. The van der Waals surface area contributed by atoms with Gasteiger partial charge in [0.1, 0.15) is 0 Å². The van der Waals surface area contributed by atoms with Crippen LogP contribution in [0.5, 0.6) is 0 Å². The highest BCUT2D eigenvalue weighted by molar-refractivity contribution is 6.06. The standard InChI is InChI=1S/C16H19NO/c1-7-8-17(16(18)11(2)3)15-13(5)9-12(4)10-14(15)6/h1,9-10H,2,8H2,3-6H3. The summed E-state index contributed by atoms with van der Waals surface area (Å²) in [5.41, 5.74) is 4.67. The average Bonchev–Trinajstić information content (AvgIpc) is 2.25. The van der Waals surface area contributed by atoms with Crippen LogP contribution in [0.1, 0.15) is 23.6 Å². The molecule has 0 aliphatic heterocycles. The molecule has 0 unspecified atom stereocenters. The van der Waals surface area contributed by atoms with Crippen LogP contribution in [-0.2, 0) is 4.79 Å². The van der Waals surface area contributed by atoms with E-state index in [4.69, 9.17) is 6.42 Å². The predicted octanol–water partition coefficient (Wildman–Crippen LogP) is 3.15. The second-order valence-corrected chi connectivity index (χ2v) is 4.62. The summed E-state index contributed by atoms with van der Waals surface area (Å²) in [5, 5.41) is 0. The largest absolute Gasteiger partial charge is 0.297 e. The van der Waals surface area contributed by atoms with Crippen molar-refractivity contribution in [3.05, 3.63) is 41.0 Å². The Kier molecular flexibility index (Phi) is 4.33. The van der Waals surface area contributed by atoms with E-state index in [-0.39, 0.29) is 12.5 Å². The number of carbonyl (C=O) groups is 1. The normalized spacial score (nSPS) is 9.72. The number of hydrogen-bond donors (Lipinski definition) is 0. The van der Waals surface area contributed by atoms with Gasteiger partial charge >= 0.3 is 0 Å². The van der Waals surface area contributed by atoms with E-state index in [1.54, 1.807) is 11.8 Å². The lowest BCUT2D eigenvalue weighted by molar-refractivity contribution is -0.114. The van der Waals surface area contributed by atoms with Gasteiger partial charge in [-0.1, -0.05) is 30.2 Å². The molecule has 1 amide bonds. The van der Waals surface area contributed by atoms with Crippen molar-refractivity contribution in [3.8, 4) is 12.3 Å². The fraction of sp³-hybridized carbons (Fsp3) is 0.312. The summed E-state index contributed by atoms with van der Waals surface area (Å²) in [6.07, 6.45) is 5.36. The minimum Gasteiger partial charge on any atom is -0.297 e. The van der Waals surface area contributed by atoms with E-state index >= 15 is 0 Å². The molecule has 0 spiro atoms. The number of rotatable bonds is 3. The molecule has 0 bridgehead atoms. The molecule has 0 aliphatic rings. The SMILES string of the molecule is C#CCN(C(=O)C(=C)C)c1c(C)cc(C)cc1C. The number of hydrogen-bond acceptors (Lipinski definition) is 1. The molecule has 1 aromatic carbocycles. The first kappa shape index (κ1) is 14.1. The van der Waals surface area contributed by atoms with Gasteiger partial charge < -0.3 is 0 Å². The maximum atomic E-state index is 12.2. The van der Waals surface area contributed by atoms with Crippen molar-refractivity contribution in [3.63, 3.8) is 0 Å². The van der Waals surface area contributed by atoms with Crippen molar-refractivity contribution < 1.29 is 4.79 Å². The fourth-order valence-electron chi connectivity index (χ4n) is 2.17. The van der Waals surface area contributed by atoms with Gasteiger partial charge in [-0.05, 0) is 38.8 Å². The predicted molar refractivity (Wildman–Crippen MR) is 76.7 cm³/mol. The molecule has 1 rings (SSSR count). The second kappa shape index (κ2) is 5.55. The third kappa shape index (κ3) is 2.81. The van der Waals surface area contributed by atoms with Gasteiger partial charge in [-0.15, -0.1) is 6.42 Å². The van der Waals surface area contributed by atoms with Crippen LogP contribution >= 0.6 is 0 Å². The van der Waals surface area contributed by atoms with E-state index in [0.29, 0.717) is 5.57 Å². The molecule has 2 heteroatoms. The van der Waals surface area contributed by atoms with Crippen molar-refractivity contribution in [1.82, 2.24) is 0 Å². The van der Waals surface area contributed by atoms with Crippen LogP contribution in [0.25, 0.3) is 0 Å². The zero-order valence-corrected chi connectivity index (χ0v) is 11.5. The second-order valence-electron chi connectivity index (χ2n) is 4.62. The van der Waals surface area contributed by atoms with Gasteiger partial charge in [-0.3, -0.25) is 9.69 Å². The van der Waals surface area contributed by atoms with E-state index in [2.05, 4.69) is 24.6 Å². The van der Waals surface area contributed by atoms with Crippen LogP contribution in [-0.4, -0.2) is 12.5 Å². The summed E-state index contributed by atoms with van der Waals surface area (Å²) in [4.78, 5) is 13.8. The van der Waals surface area contributed by atoms with Crippen molar-refractivity contribution in [2.45, 2.75) is 27.7 Å². The molecule has 0 fully saturated rings.